The number of benzene rings is 2. The fraction of sp³-hybridized carbons (Fsp3) is 0.286. The molecule has 28 heavy (non-hydrogen) atoms. The van der Waals surface area contributed by atoms with Crippen molar-refractivity contribution in [3.63, 3.8) is 0 Å². The molecule has 3 rings (SSSR count). The van der Waals surface area contributed by atoms with Gasteiger partial charge >= 0.3 is 0 Å². The number of rotatable bonds is 5. The van der Waals surface area contributed by atoms with E-state index in [0.717, 1.165) is 37.9 Å². The van der Waals surface area contributed by atoms with E-state index in [1.807, 2.05) is 58.9 Å². The Morgan fingerprint density at radius 2 is 1.46 bits per heavy atom. The van der Waals surface area contributed by atoms with Gasteiger partial charge in [-0.2, -0.15) is 5.10 Å². The molecule has 0 bridgehead atoms. The summed E-state index contributed by atoms with van der Waals surface area (Å²) in [5.41, 5.74) is 6.26. The lowest BCUT2D eigenvalue weighted by Crippen LogP contribution is -2.17. The molecule has 148 valence electrons. The van der Waals surface area contributed by atoms with Crippen molar-refractivity contribution in [1.82, 2.24) is 9.78 Å². The number of halogens is 1. The Hall–Kier alpha value is -2.12. The number of nitrogens with zero attached hydrogens (tertiary/aromatic N) is 2. The zero-order chi connectivity index (χ0) is 20.6. The van der Waals surface area contributed by atoms with Gasteiger partial charge in [-0.25, -0.2) is 8.42 Å². The third-order valence-corrected chi connectivity index (χ3v) is 7.53. The highest BCUT2D eigenvalue weighted by Gasteiger charge is 2.24. The fourth-order valence-corrected chi connectivity index (χ4v) is 5.25. The first-order chi connectivity index (χ1) is 13.1. The molecule has 0 unspecified atom stereocenters. The van der Waals surface area contributed by atoms with Crippen LogP contribution in [0.2, 0.25) is 0 Å². The first-order valence-corrected chi connectivity index (χ1v) is 11.2. The lowest BCUT2D eigenvalue weighted by Gasteiger charge is -2.19. The normalized spacial score (nSPS) is 11.6. The smallest absolute Gasteiger partial charge is 0.262 e. The maximum atomic E-state index is 13.1. The van der Waals surface area contributed by atoms with E-state index in [1.165, 1.54) is 6.20 Å². The van der Waals surface area contributed by atoms with Gasteiger partial charge in [-0.3, -0.25) is 9.40 Å². The molecule has 0 fully saturated rings. The van der Waals surface area contributed by atoms with Crippen LogP contribution in [0.4, 0.5) is 5.69 Å². The maximum absolute atomic E-state index is 13.1. The van der Waals surface area contributed by atoms with Gasteiger partial charge in [-0.05, 0) is 80.1 Å². The SMILES string of the molecule is Cc1c(C)c(C)c(S(=O)(=O)Nc2cnn(Cc3ccc(Br)cc3)c2)c(C)c1C. The Kier molecular flexibility index (Phi) is 5.68. The second kappa shape index (κ2) is 7.72. The summed E-state index contributed by atoms with van der Waals surface area (Å²) in [6.07, 6.45) is 3.24. The highest BCUT2D eigenvalue weighted by atomic mass is 79.9. The zero-order valence-electron chi connectivity index (χ0n) is 16.7. The molecule has 0 amide bonds. The summed E-state index contributed by atoms with van der Waals surface area (Å²) >= 11 is 3.42. The van der Waals surface area contributed by atoms with E-state index in [9.17, 15) is 8.42 Å². The maximum Gasteiger partial charge on any atom is 0.262 e. The summed E-state index contributed by atoms with van der Waals surface area (Å²) in [5, 5.41) is 4.28. The van der Waals surface area contributed by atoms with Gasteiger partial charge in [0, 0.05) is 10.7 Å². The van der Waals surface area contributed by atoms with Gasteiger partial charge in [0.05, 0.1) is 23.3 Å². The van der Waals surface area contributed by atoms with Crippen LogP contribution in [0.1, 0.15) is 33.4 Å². The lowest BCUT2D eigenvalue weighted by molar-refractivity contribution is 0.599. The Morgan fingerprint density at radius 3 is 2.04 bits per heavy atom. The molecule has 0 saturated carbocycles. The molecular weight excluding hydrogens is 438 g/mol. The number of sulfonamides is 1. The molecule has 1 aromatic heterocycles. The third-order valence-electron chi connectivity index (χ3n) is 5.34. The van der Waals surface area contributed by atoms with Crippen molar-refractivity contribution in [3.05, 3.63) is 74.5 Å². The topological polar surface area (TPSA) is 64.0 Å². The highest BCUT2D eigenvalue weighted by molar-refractivity contribution is 9.10. The minimum Gasteiger partial charge on any atom is -0.276 e. The lowest BCUT2D eigenvalue weighted by atomic mass is 9.95. The standard InChI is InChI=1S/C21H24BrN3O2S/c1-13-14(2)16(4)21(17(5)15(13)3)28(26,27)24-20-10-23-25(12-20)11-18-6-8-19(22)9-7-18/h6-10,12,24H,11H2,1-5H3. The third kappa shape index (κ3) is 4.00. The summed E-state index contributed by atoms with van der Waals surface area (Å²) in [4.78, 5) is 0.355. The van der Waals surface area contributed by atoms with Gasteiger partial charge in [-0.1, -0.05) is 28.1 Å². The number of nitrogens with one attached hydrogen (secondary N) is 1. The van der Waals surface area contributed by atoms with Crippen LogP contribution in [0, 0.1) is 34.6 Å². The largest absolute Gasteiger partial charge is 0.276 e. The summed E-state index contributed by atoms with van der Waals surface area (Å²) < 4.78 is 31.6. The molecular formula is C21H24BrN3O2S. The van der Waals surface area contributed by atoms with Crippen molar-refractivity contribution in [1.29, 1.82) is 0 Å². The molecule has 7 heteroatoms. The molecule has 0 atom stereocenters. The van der Waals surface area contributed by atoms with Crippen LogP contribution in [0.3, 0.4) is 0 Å². The molecule has 5 nitrogen and oxygen atoms in total. The molecule has 0 saturated heterocycles. The van der Waals surface area contributed by atoms with Crippen LogP contribution < -0.4 is 4.72 Å². The van der Waals surface area contributed by atoms with E-state index in [4.69, 9.17) is 0 Å². The number of anilines is 1. The average molecular weight is 462 g/mol. The Bertz CT molecular complexity index is 1100. The number of aromatic nitrogens is 2. The van der Waals surface area contributed by atoms with Crippen LogP contribution in [0.25, 0.3) is 0 Å². The van der Waals surface area contributed by atoms with Crippen molar-refractivity contribution in [2.45, 2.75) is 46.1 Å². The van der Waals surface area contributed by atoms with Crippen LogP contribution in [0.15, 0.2) is 46.0 Å². The van der Waals surface area contributed by atoms with Crippen molar-refractivity contribution < 1.29 is 8.42 Å². The molecule has 0 aliphatic heterocycles. The monoisotopic (exact) mass is 461 g/mol. The Morgan fingerprint density at radius 1 is 0.929 bits per heavy atom. The van der Waals surface area contributed by atoms with Crippen molar-refractivity contribution in [2.75, 3.05) is 4.72 Å². The molecule has 0 spiro atoms. The second-order valence-corrected chi connectivity index (χ2v) is 9.65. The zero-order valence-corrected chi connectivity index (χ0v) is 19.1. The van der Waals surface area contributed by atoms with E-state index in [2.05, 4.69) is 25.8 Å². The molecule has 0 aliphatic rings. The molecule has 3 aromatic rings. The molecule has 2 aromatic carbocycles. The average Bonchev–Trinajstić information content (AvgIpc) is 3.06. The van der Waals surface area contributed by atoms with E-state index in [1.54, 1.807) is 10.9 Å². The van der Waals surface area contributed by atoms with Crippen molar-refractivity contribution >= 4 is 31.6 Å². The minimum absolute atomic E-state index is 0.355. The van der Waals surface area contributed by atoms with Gasteiger partial charge in [0.2, 0.25) is 0 Å². The van der Waals surface area contributed by atoms with Crippen molar-refractivity contribution in [3.8, 4) is 0 Å². The van der Waals surface area contributed by atoms with Crippen LogP contribution in [-0.4, -0.2) is 18.2 Å². The number of hydrogen-bond acceptors (Lipinski definition) is 3. The van der Waals surface area contributed by atoms with Crippen LogP contribution >= 0.6 is 15.9 Å². The molecule has 1 N–H and O–H groups in total. The van der Waals surface area contributed by atoms with E-state index in [-0.39, 0.29) is 0 Å². The summed E-state index contributed by atoms with van der Waals surface area (Å²) in [6, 6.07) is 7.94. The first kappa shape index (κ1) is 20.6. The van der Waals surface area contributed by atoms with Gasteiger partial charge in [0.25, 0.3) is 10.0 Å². The van der Waals surface area contributed by atoms with Crippen molar-refractivity contribution in [2.24, 2.45) is 0 Å². The van der Waals surface area contributed by atoms with Crippen LogP contribution in [0.5, 0.6) is 0 Å². The van der Waals surface area contributed by atoms with E-state index in [0.29, 0.717) is 17.1 Å². The summed E-state index contributed by atoms with van der Waals surface area (Å²) in [6.45, 7) is 10.2. The minimum atomic E-state index is -3.71. The molecule has 0 aliphatic carbocycles. The molecule has 0 radical (unpaired) electrons. The fourth-order valence-electron chi connectivity index (χ4n) is 3.35. The summed E-state index contributed by atoms with van der Waals surface area (Å²) in [7, 11) is -3.71. The quantitative estimate of drug-likeness (QED) is 0.578. The Labute approximate surface area is 175 Å². The van der Waals surface area contributed by atoms with E-state index >= 15 is 0 Å². The predicted octanol–water partition coefficient (Wildman–Crippen LogP) is 5.04. The number of hydrogen-bond donors (Lipinski definition) is 1. The van der Waals surface area contributed by atoms with Gasteiger partial charge < -0.3 is 0 Å². The summed E-state index contributed by atoms with van der Waals surface area (Å²) in [5.74, 6) is 0. The second-order valence-electron chi connectivity index (χ2n) is 7.11. The first-order valence-electron chi connectivity index (χ1n) is 8.97. The van der Waals surface area contributed by atoms with Crippen LogP contribution in [-0.2, 0) is 16.6 Å². The van der Waals surface area contributed by atoms with Gasteiger partial charge in [-0.15, -0.1) is 0 Å². The van der Waals surface area contributed by atoms with Gasteiger partial charge in [0.1, 0.15) is 0 Å². The molecule has 1 heterocycles. The predicted molar refractivity (Wildman–Crippen MR) is 116 cm³/mol. The van der Waals surface area contributed by atoms with E-state index < -0.39 is 10.0 Å². The Balaban J connectivity index is 1.88. The highest BCUT2D eigenvalue weighted by Crippen LogP contribution is 2.30. The van der Waals surface area contributed by atoms with Gasteiger partial charge in [0.15, 0.2) is 0 Å².